The summed E-state index contributed by atoms with van der Waals surface area (Å²) in [5, 5.41) is 0. The van der Waals surface area contributed by atoms with Crippen LogP contribution in [0, 0.1) is 11.8 Å². The first-order chi connectivity index (χ1) is 6.71. The summed E-state index contributed by atoms with van der Waals surface area (Å²) in [6.07, 6.45) is -4.42. The molecule has 0 radical (unpaired) electrons. The Labute approximate surface area is 90.4 Å². The average molecular weight is 242 g/mol. The van der Waals surface area contributed by atoms with Crippen LogP contribution in [0.5, 0.6) is 0 Å². The minimum absolute atomic E-state index is 0.239. The van der Waals surface area contributed by atoms with Gasteiger partial charge in [-0.15, -0.1) is 11.6 Å². The van der Waals surface area contributed by atoms with Crippen molar-refractivity contribution in [1.82, 2.24) is 4.90 Å². The van der Waals surface area contributed by atoms with E-state index >= 15 is 0 Å². The number of carbonyl (C=O) groups is 1. The van der Waals surface area contributed by atoms with Crippen molar-refractivity contribution in [2.75, 3.05) is 13.6 Å². The fraction of sp³-hybridized carbons (Fsp3) is 0.889. The van der Waals surface area contributed by atoms with Crippen LogP contribution in [-0.4, -0.2) is 41.4 Å². The van der Waals surface area contributed by atoms with Crippen molar-refractivity contribution in [2.45, 2.75) is 24.0 Å². The predicted octanol–water partition coefficient (Wildman–Crippen LogP) is 1.68. The number of alkyl halides is 4. The summed E-state index contributed by atoms with van der Waals surface area (Å²) >= 11 is 5.59. The van der Waals surface area contributed by atoms with Crippen molar-refractivity contribution >= 4 is 17.4 Å². The third-order valence-electron chi connectivity index (χ3n) is 3.50. The van der Waals surface area contributed by atoms with Gasteiger partial charge in [0.15, 0.2) is 0 Å². The minimum Gasteiger partial charge on any atom is -0.298 e. The van der Waals surface area contributed by atoms with Gasteiger partial charge in [-0.2, -0.15) is 13.2 Å². The number of carbonyl (C=O) groups excluding carboxylic acids is 1. The zero-order valence-electron chi connectivity index (χ0n) is 8.31. The molecular weight excluding hydrogens is 231 g/mol. The van der Waals surface area contributed by atoms with Gasteiger partial charge in [-0.25, -0.2) is 0 Å². The maximum atomic E-state index is 12.6. The molecule has 2 rings (SSSR count). The van der Waals surface area contributed by atoms with Crippen molar-refractivity contribution in [3.8, 4) is 0 Å². The molecule has 1 saturated heterocycles. The maximum absolute atomic E-state index is 12.6. The van der Waals surface area contributed by atoms with Gasteiger partial charge in [0.1, 0.15) is 10.7 Å². The molecule has 0 aromatic rings. The van der Waals surface area contributed by atoms with Gasteiger partial charge < -0.3 is 0 Å². The molecule has 0 bridgehead atoms. The van der Waals surface area contributed by atoms with Crippen LogP contribution >= 0.6 is 11.6 Å². The molecule has 1 unspecified atom stereocenters. The largest absolute Gasteiger partial charge is 0.408 e. The van der Waals surface area contributed by atoms with Gasteiger partial charge in [0.2, 0.25) is 0 Å². The van der Waals surface area contributed by atoms with E-state index in [2.05, 4.69) is 0 Å². The number of halogens is 4. The first kappa shape index (κ1) is 11.2. The fourth-order valence-corrected chi connectivity index (χ4v) is 3.22. The van der Waals surface area contributed by atoms with Crippen LogP contribution in [0.3, 0.4) is 0 Å². The summed E-state index contributed by atoms with van der Waals surface area (Å²) in [7, 11) is 1.66. The van der Waals surface area contributed by atoms with Crippen LogP contribution in [0.2, 0.25) is 0 Å². The van der Waals surface area contributed by atoms with Crippen LogP contribution in [0.25, 0.3) is 0 Å². The van der Waals surface area contributed by atoms with E-state index in [1.54, 1.807) is 11.9 Å². The molecule has 1 aliphatic carbocycles. The lowest BCUT2D eigenvalue weighted by Gasteiger charge is -2.26. The molecule has 2 fully saturated rings. The Hall–Kier alpha value is -0.290. The van der Waals surface area contributed by atoms with E-state index in [4.69, 9.17) is 11.6 Å². The van der Waals surface area contributed by atoms with E-state index in [9.17, 15) is 18.0 Å². The summed E-state index contributed by atoms with van der Waals surface area (Å²) in [4.78, 5) is 10.7. The zero-order valence-corrected chi connectivity index (χ0v) is 9.06. The number of piperidine rings is 1. The number of fused-ring (bicyclic) bond motifs is 1. The number of likely N-dealkylation sites (N-methyl/N-ethyl adjacent to an activating group) is 1. The Kier molecular flexibility index (Phi) is 2.15. The van der Waals surface area contributed by atoms with Gasteiger partial charge in [-0.1, -0.05) is 0 Å². The number of hydrogen-bond donors (Lipinski definition) is 0. The number of likely N-dealkylation sites (tertiary alicyclic amines) is 1. The Bertz CT molecular complexity index is 319. The highest BCUT2D eigenvalue weighted by Crippen LogP contribution is 2.68. The lowest BCUT2D eigenvalue weighted by atomic mass is 10.1. The van der Waals surface area contributed by atoms with Gasteiger partial charge in [0, 0.05) is 18.4 Å². The van der Waals surface area contributed by atoms with E-state index in [1.807, 2.05) is 0 Å². The van der Waals surface area contributed by atoms with E-state index in [0.29, 0.717) is 0 Å². The van der Waals surface area contributed by atoms with Crippen LogP contribution in [0.15, 0.2) is 0 Å². The molecule has 1 saturated carbocycles. The Morgan fingerprint density at radius 3 is 2.47 bits per heavy atom. The lowest BCUT2D eigenvalue weighted by Crippen LogP contribution is -2.44. The first-order valence-corrected chi connectivity index (χ1v) is 5.05. The van der Waals surface area contributed by atoms with E-state index in [0.717, 1.165) is 0 Å². The van der Waals surface area contributed by atoms with Crippen molar-refractivity contribution in [2.24, 2.45) is 11.8 Å². The normalized spacial score (nSPS) is 45.3. The SMILES string of the molecule is CC(=O)[C@@H]1[C@@H]2[C@H](CN1C)C2(Cl)C(F)(F)F. The van der Waals surface area contributed by atoms with Crippen molar-refractivity contribution < 1.29 is 18.0 Å². The smallest absolute Gasteiger partial charge is 0.298 e. The third kappa shape index (κ3) is 1.25. The second-order valence-electron chi connectivity index (χ2n) is 4.39. The van der Waals surface area contributed by atoms with Crippen LogP contribution in [0.1, 0.15) is 6.92 Å². The van der Waals surface area contributed by atoms with Crippen molar-refractivity contribution in [3.05, 3.63) is 0 Å². The molecule has 6 heteroatoms. The Morgan fingerprint density at radius 1 is 1.53 bits per heavy atom. The number of hydrogen-bond acceptors (Lipinski definition) is 2. The van der Waals surface area contributed by atoms with Crippen molar-refractivity contribution in [1.29, 1.82) is 0 Å². The number of ketones is 1. The van der Waals surface area contributed by atoms with Crippen LogP contribution in [0.4, 0.5) is 13.2 Å². The highest BCUT2D eigenvalue weighted by atomic mass is 35.5. The maximum Gasteiger partial charge on any atom is 0.408 e. The molecule has 0 amide bonds. The van der Waals surface area contributed by atoms with Crippen LogP contribution in [-0.2, 0) is 4.79 Å². The summed E-state index contributed by atoms with van der Waals surface area (Å²) < 4.78 is 37.9. The molecular formula is C9H11ClF3NO. The third-order valence-corrected chi connectivity index (χ3v) is 4.25. The summed E-state index contributed by atoms with van der Waals surface area (Å²) in [6, 6.07) is -0.672. The second-order valence-corrected chi connectivity index (χ2v) is 5.02. The summed E-state index contributed by atoms with van der Waals surface area (Å²) in [5.41, 5.74) is 0. The molecule has 2 aliphatic rings. The highest BCUT2D eigenvalue weighted by molar-refractivity contribution is 6.28. The summed E-state index contributed by atoms with van der Waals surface area (Å²) in [5.74, 6) is -1.63. The van der Waals surface area contributed by atoms with E-state index in [-0.39, 0.29) is 12.3 Å². The van der Waals surface area contributed by atoms with Gasteiger partial charge in [0.05, 0.1) is 6.04 Å². The fourth-order valence-electron chi connectivity index (χ4n) is 2.81. The zero-order chi connectivity index (χ0) is 11.6. The quantitative estimate of drug-likeness (QED) is 0.651. The lowest BCUT2D eigenvalue weighted by molar-refractivity contribution is -0.149. The van der Waals surface area contributed by atoms with Gasteiger partial charge in [-0.3, -0.25) is 9.69 Å². The highest BCUT2D eigenvalue weighted by Gasteiger charge is 2.82. The molecule has 4 atom stereocenters. The Balaban J connectivity index is 2.25. The second kappa shape index (κ2) is 2.88. The molecule has 0 spiro atoms. The molecule has 1 heterocycles. The molecule has 1 aliphatic heterocycles. The van der Waals surface area contributed by atoms with E-state index in [1.165, 1.54) is 6.92 Å². The molecule has 86 valence electrons. The molecule has 15 heavy (non-hydrogen) atoms. The topological polar surface area (TPSA) is 20.3 Å². The molecule has 0 N–H and O–H groups in total. The minimum atomic E-state index is -4.42. The monoisotopic (exact) mass is 241 g/mol. The first-order valence-electron chi connectivity index (χ1n) is 4.67. The molecule has 0 aromatic heterocycles. The molecule has 0 aromatic carbocycles. The number of Topliss-reactive ketones (excluding diaryl/α,β-unsaturated/α-hetero) is 1. The average Bonchev–Trinajstić information content (AvgIpc) is 2.53. The van der Waals surface area contributed by atoms with Gasteiger partial charge >= 0.3 is 6.18 Å². The number of nitrogens with zero attached hydrogens (tertiary/aromatic N) is 1. The summed E-state index contributed by atoms with van der Waals surface area (Å²) in [6.45, 7) is 1.56. The van der Waals surface area contributed by atoms with Crippen LogP contribution < -0.4 is 0 Å². The van der Waals surface area contributed by atoms with Crippen molar-refractivity contribution in [3.63, 3.8) is 0 Å². The predicted molar refractivity (Wildman–Crippen MR) is 48.7 cm³/mol. The number of rotatable bonds is 1. The van der Waals surface area contributed by atoms with E-state index < -0.39 is 28.9 Å². The van der Waals surface area contributed by atoms with Gasteiger partial charge in [0.25, 0.3) is 0 Å². The Morgan fingerprint density at radius 2 is 2.07 bits per heavy atom. The standard InChI is InChI=1S/C9H11ClF3NO/c1-4(15)7-6-5(3-14(7)2)8(6,10)9(11,12)13/h5-7H,3H2,1-2H3/t5-,6-,7+,8?/m0/s1. The molecule has 2 nitrogen and oxygen atoms in total. The van der Waals surface area contributed by atoms with Gasteiger partial charge in [-0.05, 0) is 14.0 Å².